The van der Waals surface area contributed by atoms with E-state index in [2.05, 4.69) is 29.2 Å². The first kappa shape index (κ1) is 12.3. The summed E-state index contributed by atoms with van der Waals surface area (Å²) in [6.45, 7) is 4.89. The Morgan fingerprint density at radius 3 is 2.56 bits per heavy atom. The van der Waals surface area contributed by atoms with Crippen molar-refractivity contribution in [3.8, 4) is 0 Å². The highest BCUT2D eigenvalue weighted by Gasteiger charge is 2.30. The zero-order valence-electron chi connectivity index (χ0n) is 10.9. The first-order valence-corrected chi connectivity index (χ1v) is 6.90. The summed E-state index contributed by atoms with van der Waals surface area (Å²) in [5.74, 6) is 0. The Morgan fingerprint density at radius 1 is 1.12 bits per heavy atom. The smallest absolute Gasteiger partial charge is 0.0351 e. The zero-order chi connectivity index (χ0) is 11.4. The van der Waals surface area contributed by atoms with Crippen molar-refractivity contribution in [1.29, 1.82) is 0 Å². The molecule has 2 aliphatic rings. The van der Waals surface area contributed by atoms with Crippen molar-refractivity contribution < 1.29 is 0 Å². The molecule has 1 heterocycles. The maximum absolute atomic E-state index is 3.36. The van der Waals surface area contributed by atoms with Crippen molar-refractivity contribution in [3.63, 3.8) is 0 Å². The molecule has 3 heteroatoms. The third kappa shape index (κ3) is 2.96. The molecule has 1 aliphatic carbocycles. The van der Waals surface area contributed by atoms with Crippen LogP contribution in [-0.4, -0.2) is 62.2 Å². The van der Waals surface area contributed by atoms with E-state index in [0.29, 0.717) is 0 Å². The maximum Gasteiger partial charge on any atom is 0.0351 e. The molecule has 1 N–H and O–H groups in total. The first-order chi connectivity index (χ1) is 7.81. The summed E-state index contributed by atoms with van der Waals surface area (Å²) in [5, 5.41) is 3.36. The standard InChI is InChI=1S/C13H27N3/c1-14-10-13-11-15(2)8-9-16(13)12-6-4-3-5-7-12/h12-14H,3-11H2,1-2H3. The van der Waals surface area contributed by atoms with E-state index in [9.17, 15) is 0 Å². The summed E-state index contributed by atoms with van der Waals surface area (Å²) in [7, 11) is 4.33. The second-order valence-electron chi connectivity index (χ2n) is 5.50. The van der Waals surface area contributed by atoms with Crippen LogP contribution < -0.4 is 5.32 Å². The van der Waals surface area contributed by atoms with E-state index < -0.39 is 0 Å². The molecule has 0 aromatic carbocycles. The molecule has 0 aromatic heterocycles. The van der Waals surface area contributed by atoms with Crippen molar-refractivity contribution >= 4 is 0 Å². The second-order valence-corrected chi connectivity index (χ2v) is 5.50. The lowest BCUT2D eigenvalue weighted by molar-refractivity contribution is 0.0381. The van der Waals surface area contributed by atoms with Crippen LogP contribution in [0.5, 0.6) is 0 Å². The van der Waals surface area contributed by atoms with Crippen LogP contribution in [0.25, 0.3) is 0 Å². The molecule has 94 valence electrons. The molecule has 0 spiro atoms. The SMILES string of the molecule is CNCC1CN(C)CCN1C1CCCCC1. The molecular formula is C13H27N3. The predicted molar refractivity (Wildman–Crippen MR) is 68.8 cm³/mol. The summed E-state index contributed by atoms with van der Waals surface area (Å²) in [6.07, 6.45) is 7.22. The Labute approximate surface area is 100 Å². The molecule has 1 saturated carbocycles. The molecule has 0 amide bonds. The lowest BCUT2D eigenvalue weighted by Crippen LogP contribution is -2.58. The highest BCUT2D eigenvalue weighted by atomic mass is 15.3. The maximum atomic E-state index is 3.36. The number of hydrogen-bond acceptors (Lipinski definition) is 3. The van der Waals surface area contributed by atoms with Gasteiger partial charge in [-0.2, -0.15) is 0 Å². The quantitative estimate of drug-likeness (QED) is 0.777. The van der Waals surface area contributed by atoms with Crippen molar-refractivity contribution in [2.75, 3.05) is 40.3 Å². The molecular weight excluding hydrogens is 198 g/mol. The molecule has 2 rings (SSSR count). The number of hydrogen-bond donors (Lipinski definition) is 1. The Morgan fingerprint density at radius 2 is 1.88 bits per heavy atom. The van der Waals surface area contributed by atoms with E-state index in [4.69, 9.17) is 0 Å². The van der Waals surface area contributed by atoms with Gasteiger partial charge in [-0.3, -0.25) is 4.90 Å². The van der Waals surface area contributed by atoms with Crippen LogP contribution in [0.3, 0.4) is 0 Å². The van der Waals surface area contributed by atoms with E-state index in [1.165, 1.54) is 51.7 Å². The van der Waals surface area contributed by atoms with Crippen LogP contribution in [0, 0.1) is 0 Å². The molecule has 1 atom stereocenters. The number of likely N-dealkylation sites (N-methyl/N-ethyl adjacent to an activating group) is 2. The van der Waals surface area contributed by atoms with Crippen LogP contribution in [0.4, 0.5) is 0 Å². The summed E-state index contributed by atoms with van der Waals surface area (Å²) in [4.78, 5) is 5.26. The van der Waals surface area contributed by atoms with Crippen LogP contribution >= 0.6 is 0 Å². The van der Waals surface area contributed by atoms with Gasteiger partial charge in [0.15, 0.2) is 0 Å². The molecule has 16 heavy (non-hydrogen) atoms. The van der Waals surface area contributed by atoms with Crippen LogP contribution in [-0.2, 0) is 0 Å². The van der Waals surface area contributed by atoms with E-state index in [1.54, 1.807) is 0 Å². The average Bonchev–Trinajstić information content (AvgIpc) is 2.31. The van der Waals surface area contributed by atoms with Crippen LogP contribution in [0.1, 0.15) is 32.1 Å². The van der Waals surface area contributed by atoms with Gasteiger partial charge in [0.2, 0.25) is 0 Å². The molecule has 2 fully saturated rings. The second kappa shape index (κ2) is 5.99. The molecule has 3 nitrogen and oxygen atoms in total. The molecule has 1 aliphatic heterocycles. The number of nitrogens with zero attached hydrogens (tertiary/aromatic N) is 2. The Kier molecular flexibility index (Phi) is 4.62. The highest BCUT2D eigenvalue weighted by molar-refractivity contribution is 4.88. The summed E-state index contributed by atoms with van der Waals surface area (Å²) in [5.41, 5.74) is 0. The van der Waals surface area contributed by atoms with Gasteiger partial charge in [-0.1, -0.05) is 19.3 Å². The van der Waals surface area contributed by atoms with Gasteiger partial charge >= 0.3 is 0 Å². The molecule has 1 saturated heterocycles. The van der Waals surface area contributed by atoms with Crippen molar-refractivity contribution in [2.45, 2.75) is 44.2 Å². The van der Waals surface area contributed by atoms with Gasteiger partial charge in [-0.15, -0.1) is 0 Å². The van der Waals surface area contributed by atoms with E-state index in [0.717, 1.165) is 18.6 Å². The molecule has 0 radical (unpaired) electrons. The van der Waals surface area contributed by atoms with E-state index in [-0.39, 0.29) is 0 Å². The van der Waals surface area contributed by atoms with Crippen LogP contribution in [0.15, 0.2) is 0 Å². The first-order valence-electron chi connectivity index (χ1n) is 6.90. The summed E-state index contributed by atoms with van der Waals surface area (Å²) < 4.78 is 0. The summed E-state index contributed by atoms with van der Waals surface area (Å²) in [6, 6.07) is 1.60. The van der Waals surface area contributed by atoms with Gasteiger partial charge in [-0.05, 0) is 26.9 Å². The lowest BCUT2D eigenvalue weighted by Gasteiger charge is -2.45. The van der Waals surface area contributed by atoms with Gasteiger partial charge in [0.05, 0.1) is 0 Å². The lowest BCUT2D eigenvalue weighted by atomic mass is 9.92. The fraction of sp³-hybridized carbons (Fsp3) is 1.00. The Balaban J connectivity index is 1.93. The minimum Gasteiger partial charge on any atom is -0.318 e. The number of nitrogens with one attached hydrogen (secondary N) is 1. The van der Waals surface area contributed by atoms with Crippen molar-refractivity contribution in [3.05, 3.63) is 0 Å². The molecule has 0 bridgehead atoms. The zero-order valence-corrected chi connectivity index (χ0v) is 10.9. The number of rotatable bonds is 3. The summed E-state index contributed by atoms with van der Waals surface area (Å²) >= 11 is 0. The average molecular weight is 225 g/mol. The molecule has 1 unspecified atom stereocenters. The fourth-order valence-corrected chi connectivity index (χ4v) is 3.34. The Hall–Kier alpha value is -0.120. The number of piperazine rings is 1. The third-order valence-electron chi connectivity index (χ3n) is 4.21. The predicted octanol–water partition coefficient (Wildman–Crippen LogP) is 1.15. The monoisotopic (exact) mass is 225 g/mol. The van der Waals surface area contributed by atoms with Gasteiger partial charge in [0, 0.05) is 38.3 Å². The van der Waals surface area contributed by atoms with Crippen LogP contribution in [0.2, 0.25) is 0 Å². The minimum absolute atomic E-state index is 0.729. The normalized spacial score (nSPS) is 30.8. The highest BCUT2D eigenvalue weighted by Crippen LogP contribution is 2.25. The third-order valence-corrected chi connectivity index (χ3v) is 4.21. The van der Waals surface area contributed by atoms with Crippen molar-refractivity contribution in [1.82, 2.24) is 15.1 Å². The van der Waals surface area contributed by atoms with Gasteiger partial charge in [0.1, 0.15) is 0 Å². The topological polar surface area (TPSA) is 18.5 Å². The minimum atomic E-state index is 0.729. The molecule has 0 aromatic rings. The fourth-order valence-electron chi connectivity index (χ4n) is 3.34. The van der Waals surface area contributed by atoms with Gasteiger partial charge in [0.25, 0.3) is 0 Å². The van der Waals surface area contributed by atoms with E-state index in [1.807, 2.05) is 0 Å². The Bertz CT molecular complexity index is 201. The van der Waals surface area contributed by atoms with Crippen molar-refractivity contribution in [2.24, 2.45) is 0 Å². The van der Waals surface area contributed by atoms with E-state index >= 15 is 0 Å². The largest absolute Gasteiger partial charge is 0.318 e. The van der Waals surface area contributed by atoms with Gasteiger partial charge in [-0.25, -0.2) is 0 Å². The van der Waals surface area contributed by atoms with Gasteiger partial charge < -0.3 is 10.2 Å².